The zero-order valence-electron chi connectivity index (χ0n) is 14.4. The molecule has 0 bridgehead atoms. The number of hydrogen-bond acceptors (Lipinski definition) is 3. The van der Waals surface area contributed by atoms with Gasteiger partial charge in [0.15, 0.2) is 0 Å². The molecule has 2 aromatic rings. The van der Waals surface area contributed by atoms with E-state index in [-0.39, 0.29) is 5.69 Å². The third-order valence-corrected chi connectivity index (χ3v) is 5.96. The van der Waals surface area contributed by atoms with Crippen molar-refractivity contribution in [3.8, 4) is 0 Å². The first kappa shape index (κ1) is 17.7. The van der Waals surface area contributed by atoms with E-state index in [0.717, 1.165) is 23.7 Å². The van der Waals surface area contributed by atoms with Crippen molar-refractivity contribution < 1.29 is 12.8 Å². The Morgan fingerprint density at radius 2 is 1.52 bits per heavy atom. The second kappa shape index (κ2) is 7.01. The Balaban J connectivity index is 1.95. The lowest BCUT2D eigenvalue weighted by Gasteiger charge is -2.22. The third kappa shape index (κ3) is 3.34. The number of hydrogen-bond donors (Lipinski definition) is 0. The lowest BCUT2D eigenvalue weighted by molar-refractivity contribution is 0.396. The molecule has 0 spiro atoms. The van der Waals surface area contributed by atoms with Gasteiger partial charge in [0.2, 0.25) is 0 Å². The van der Waals surface area contributed by atoms with Crippen LogP contribution in [0.4, 0.5) is 21.5 Å². The number of fused-ring (bicyclic) bond motifs is 1. The van der Waals surface area contributed by atoms with Gasteiger partial charge < -0.3 is 4.90 Å². The topological polar surface area (TPSA) is 43.9 Å². The van der Waals surface area contributed by atoms with E-state index in [4.69, 9.17) is 0 Å². The van der Waals surface area contributed by atoms with Gasteiger partial charge in [0.1, 0.15) is 5.82 Å². The summed E-state index contributed by atoms with van der Waals surface area (Å²) in [6.45, 7) is 1.27. The van der Waals surface area contributed by atoms with Gasteiger partial charge in [-0.1, -0.05) is 24.3 Å². The van der Waals surface area contributed by atoms with Crippen LogP contribution in [0, 0.1) is 5.82 Å². The molecule has 0 aliphatic carbocycles. The van der Waals surface area contributed by atoms with Crippen molar-refractivity contribution in [3.05, 3.63) is 54.3 Å². The van der Waals surface area contributed by atoms with Gasteiger partial charge in [0.25, 0.3) is 0 Å². The highest BCUT2D eigenvalue weighted by molar-refractivity contribution is 7.95. The molecule has 0 atom stereocenters. The number of nitrogens with zero attached hydrogens (tertiary/aromatic N) is 3. The van der Waals surface area contributed by atoms with Crippen LogP contribution < -0.4 is 8.61 Å². The zero-order valence-corrected chi connectivity index (χ0v) is 15.2. The summed E-state index contributed by atoms with van der Waals surface area (Å²) in [6.07, 6.45) is 1.62. The number of para-hydroxylation sites is 3. The summed E-state index contributed by atoms with van der Waals surface area (Å²) < 4.78 is 43.0. The van der Waals surface area contributed by atoms with Crippen molar-refractivity contribution in [3.63, 3.8) is 0 Å². The fraction of sp³-hybridized carbons (Fsp3) is 0.333. The van der Waals surface area contributed by atoms with Crippen molar-refractivity contribution in [2.45, 2.75) is 12.8 Å². The molecular formula is C18H22FN3O2S. The highest BCUT2D eigenvalue weighted by Gasteiger charge is 2.41. The van der Waals surface area contributed by atoms with Gasteiger partial charge in [-0.25, -0.2) is 8.70 Å². The van der Waals surface area contributed by atoms with Crippen molar-refractivity contribution >= 4 is 27.3 Å². The molecule has 0 aromatic heterocycles. The van der Waals surface area contributed by atoms with Gasteiger partial charge >= 0.3 is 10.2 Å². The van der Waals surface area contributed by atoms with Gasteiger partial charge in [0, 0.05) is 6.54 Å². The van der Waals surface area contributed by atoms with E-state index in [1.165, 1.54) is 16.4 Å². The molecule has 1 heterocycles. The van der Waals surface area contributed by atoms with Crippen LogP contribution in [0.25, 0.3) is 0 Å². The van der Waals surface area contributed by atoms with E-state index in [9.17, 15) is 12.8 Å². The van der Waals surface area contributed by atoms with Crippen LogP contribution in [0.15, 0.2) is 48.5 Å². The lowest BCUT2D eigenvalue weighted by atomic mass is 10.2. The van der Waals surface area contributed by atoms with Crippen LogP contribution in [0.2, 0.25) is 0 Å². The first-order chi connectivity index (χ1) is 11.9. The Labute approximate surface area is 148 Å². The molecular weight excluding hydrogens is 341 g/mol. The molecule has 0 unspecified atom stereocenters. The van der Waals surface area contributed by atoms with Crippen LogP contribution in [0.3, 0.4) is 0 Å². The summed E-state index contributed by atoms with van der Waals surface area (Å²) in [5.74, 6) is -0.560. The SMILES string of the molecule is CN(C)CCCCN1c2ccccc2N(c2ccccc2F)S1(=O)=O. The summed E-state index contributed by atoms with van der Waals surface area (Å²) in [7, 11) is 0.126. The molecule has 0 amide bonds. The van der Waals surface area contributed by atoms with Gasteiger partial charge in [-0.05, 0) is 57.7 Å². The van der Waals surface area contributed by atoms with E-state index >= 15 is 0 Å². The van der Waals surface area contributed by atoms with Gasteiger partial charge in [-0.2, -0.15) is 8.42 Å². The van der Waals surface area contributed by atoms with Gasteiger partial charge in [0.05, 0.1) is 17.1 Å². The lowest BCUT2D eigenvalue weighted by Crippen LogP contribution is -2.36. The first-order valence-electron chi connectivity index (χ1n) is 8.24. The molecule has 7 heteroatoms. The Hall–Kier alpha value is -2.12. The zero-order chi connectivity index (χ0) is 18.0. The maximum Gasteiger partial charge on any atom is 0.331 e. The predicted octanol–water partition coefficient (Wildman–Crippen LogP) is 3.37. The van der Waals surface area contributed by atoms with E-state index in [1.54, 1.807) is 36.4 Å². The van der Waals surface area contributed by atoms with E-state index in [1.807, 2.05) is 14.1 Å². The largest absolute Gasteiger partial charge is 0.331 e. The smallest absolute Gasteiger partial charge is 0.309 e. The number of unbranched alkanes of at least 4 members (excludes halogenated alkanes) is 1. The highest BCUT2D eigenvalue weighted by atomic mass is 32.2. The van der Waals surface area contributed by atoms with Gasteiger partial charge in [-0.15, -0.1) is 0 Å². The molecule has 0 radical (unpaired) electrons. The Morgan fingerprint density at radius 1 is 0.920 bits per heavy atom. The first-order valence-corrected chi connectivity index (χ1v) is 9.64. The highest BCUT2D eigenvalue weighted by Crippen LogP contribution is 2.45. The average molecular weight is 363 g/mol. The van der Waals surface area contributed by atoms with Crippen molar-refractivity contribution in [1.29, 1.82) is 0 Å². The minimum atomic E-state index is -3.85. The van der Waals surface area contributed by atoms with Crippen LogP contribution in [0.5, 0.6) is 0 Å². The molecule has 0 N–H and O–H groups in total. The normalized spacial score (nSPS) is 15.7. The summed E-state index contributed by atoms with van der Waals surface area (Å²) in [6, 6.07) is 13.0. The molecule has 3 rings (SSSR count). The van der Waals surface area contributed by atoms with E-state index in [2.05, 4.69) is 4.90 Å². The third-order valence-electron chi connectivity index (χ3n) is 4.17. The minimum Gasteiger partial charge on any atom is -0.309 e. The maximum absolute atomic E-state index is 14.3. The molecule has 1 aliphatic heterocycles. The summed E-state index contributed by atoms with van der Waals surface area (Å²) in [5.41, 5.74) is 1.13. The Kier molecular flexibility index (Phi) is 4.96. The quantitative estimate of drug-likeness (QED) is 0.739. The summed E-state index contributed by atoms with van der Waals surface area (Å²) in [4.78, 5) is 2.07. The Morgan fingerprint density at radius 3 is 2.16 bits per heavy atom. The summed E-state index contributed by atoms with van der Waals surface area (Å²) in [5, 5.41) is 0. The van der Waals surface area contributed by atoms with E-state index < -0.39 is 16.0 Å². The number of benzene rings is 2. The predicted molar refractivity (Wildman–Crippen MR) is 99.0 cm³/mol. The fourth-order valence-electron chi connectivity index (χ4n) is 2.98. The Bertz CT molecular complexity index is 855. The molecule has 134 valence electrons. The van der Waals surface area contributed by atoms with Crippen molar-refractivity contribution in [2.75, 3.05) is 35.8 Å². The summed E-state index contributed by atoms with van der Waals surface area (Å²) >= 11 is 0. The minimum absolute atomic E-state index is 0.0470. The number of rotatable bonds is 6. The van der Waals surface area contributed by atoms with Gasteiger partial charge in [-0.3, -0.25) is 4.31 Å². The van der Waals surface area contributed by atoms with Crippen LogP contribution >= 0.6 is 0 Å². The second-order valence-corrected chi connectivity index (χ2v) is 8.00. The standard InChI is InChI=1S/C18H22FN3O2S/c1-20(2)13-7-8-14-21-17-11-5-6-12-18(17)22(25(21,23)24)16-10-4-3-9-15(16)19/h3-6,9-12H,7-8,13-14H2,1-2H3. The molecule has 5 nitrogen and oxygen atoms in total. The van der Waals surface area contributed by atoms with Crippen molar-refractivity contribution in [1.82, 2.24) is 4.90 Å². The average Bonchev–Trinajstić information content (AvgIpc) is 2.79. The van der Waals surface area contributed by atoms with Crippen LogP contribution in [-0.4, -0.2) is 40.5 Å². The molecule has 0 saturated carbocycles. The van der Waals surface area contributed by atoms with E-state index in [0.29, 0.717) is 17.9 Å². The fourth-order valence-corrected chi connectivity index (χ4v) is 4.74. The molecule has 25 heavy (non-hydrogen) atoms. The molecule has 0 fully saturated rings. The number of anilines is 3. The van der Waals surface area contributed by atoms with Crippen LogP contribution in [-0.2, 0) is 10.2 Å². The maximum atomic E-state index is 14.3. The number of halogens is 1. The monoisotopic (exact) mass is 363 g/mol. The molecule has 0 saturated heterocycles. The molecule has 2 aromatic carbocycles. The van der Waals surface area contributed by atoms with Crippen LogP contribution in [0.1, 0.15) is 12.8 Å². The molecule has 1 aliphatic rings. The second-order valence-electron chi connectivity index (χ2n) is 6.29. The van der Waals surface area contributed by atoms with Crippen molar-refractivity contribution in [2.24, 2.45) is 0 Å².